The Morgan fingerprint density at radius 2 is 2.05 bits per heavy atom. The molecule has 1 aromatic rings. The quantitative estimate of drug-likeness (QED) is 0.636. The third-order valence-electron chi connectivity index (χ3n) is 3.09. The van der Waals surface area contributed by atoms with E-state index in [-0.39, 0.29) is 25.4 Å². The first kappa shape index (κ1) is 14.7. The van der Waals surface area contributed by atoms with E-state index in [1.807, 2.05) is 0 Å². The zero-order valence-corrected chi connectivity index (χ0v) is 10.7. The zero-order valence-electron chi connectivity index (χ0n) is 10.7. The highest BCUT2D eigenvalue weighted by molar-refractivity contribution is 5.81. The molecule has 2 rings (SSSR count). The third kappa shape index (κ3) is 2.89. The van der Waals surface area contributed by atoms with Crippen molar-refractivity contribution in [1.29, 1.82) is 0 Å². The van der Waals surface area contributed by atoms with Crippen LogP contribution in [0.1, 0.15) is 0 Å². The first-order chi connectivity index (χ1) is 9.91. The summed E-state index contributed by atoms with van der Waals surface area (Å²) in [5, 5.41) is 30.9. The summed E-state index contributed by atoms with van der Waals surface area (Å²) in [4.78, 5) is 32.8. The predicted molar refractivity (Wildman–Crippen MR) is 69.3 cm³/mol. The third-order valence-corrected chi connectivity index (χ3v) is 3.09. The number of benzene rings is 1. The SMILES string of the molecule is O=C(O)C1COCCN1c1ccc([N+](=O)[O-])cc1[N+](=O)[O-]. The molecule has 112 valence electrons. The number of carbonyl (C=O) groups is 1. The van der Waals surface area contributed by atoms with Crippen molar-refractivity contribution in [3.63, 3.8) is 0 Å². The molecule has 1 aromatic carbocycles. The fourth-order valence-corrected chi connectivity index (χ4v) is 2.11. The number of nitro groups is 2. The molecule has 1 unspecified atom stereocenters. The summed E-state index contributed by atoms with van der Waals surface area (Å²) in [6.07, 6.45) is 0. The summed E-state index contributed by atoms with van der Waals surface area (Å²) in [5.74, 6) is -1.18. The van der Waals surface area contributed by atoms with Crippen molar-refractivity contribution < 1.29 is 24.5 Å². The number of hydrogen-bond acceptors (Lipinski definition) is 7. The Morgan fingerprint density at radius 3 is 2.62 bits per heavy atom. The molecular formula is C11H11N3O7. The van der Waals surface area contributed by atoms with Gasteiger partial charge < -0.3 is 14.7 Å². The van der Waals surface area contributed by atoms with E-state index in [4.69, 9.17) is 9.84 Å². The van der Waals surface area contributed by atoms with E-state index >= 15 is 0 Å². The topological polar surface area (TPSA) is 136 Å². The Balaban J connectivity index is 2.48. The van der Waals surface area contributed by atoms with Crippen molar-refractivity contribution in [1.82, 2.24) is 0 Å². The molecule has 0 bridgehead atoms. The molecule has 1 heterocycles. The lowest BCUT2D eigenvalue weighted by molar-refractivity contribution is -0.393. The number of non-ortho nitro benzene ring substituents is 1. The molecule has 10 nitrogen and oxygen atoms in total. The lowest BCUT2D eigenvalue weighted by Gasteiger charge is -2.34. The van der Waals surface area contributed by atoms with Crippen LogP contribution in [0.25, 0.3) is 0 Å². The molecule has 0 aromatic heterocycles. The van der Waals surface area contributed by atoms with Crippen LogP contribution in [-0.4, -0.2) is 46.7 Å². The van der Waals surface area contributed by atoms with Gasteiger partial charge in [-0.2, -0.15) is 0 Å². The number of carboxylic acids is 1. The molecule has 1 saturated heterocycles. The molecule has 1 N–H and O–H groups in total. The number of aliphatic carboxylic acids is 1. The van der Waals surface area contributed by atoms with Crippen LogP contribution in [0.5, 0.6) is 0 Å². The molecule has 0 spiro atoms. The molecule has 1 atom stereocenters. The summed E-state index contributed by atoms with van der Waals surface area (Å²) in [7, 11) is 0. The summed E-state index contributed by atoms with van der Waals surface area (Å²) in [6.45, 7) is 0.261. The maximum Gasteiger partial charge on any atom is 0.328 e. The van der Waals surface area contributed by atoms with Crippen LogP contribution in [0.2, 0.25) is 0 Å². The Labute approximate surface area is 117 Å². The molecule has 1 aliphatic rings. The summed E-state index contributed by atoms with van der Waals surface area (Å²) < 4.78 is 5.06. The van der Waals surface area contributed by atoms with Crippen molar-refractivity contribution >= 4 is 23.0 Å². The van der Waals surface area contributed by atoms with Gasteiger partial charge in [0.15, 0.2) is 6.04 Å². The van der Waals surface area contributed by atoms with Crippen LogP contribution < -0.4 is 4.90 Å². The van der Waals surface area contributed by atoms with Crippen LogP contribution in [0.3, 0.4) is 0 Å². The van der Waals surface area contributed by atoms with Gasteiger partial charge in [0, 0.05) is 12.6 Å². The number of nitro benzene ring substituents is 2. The summed E-state index contributed by atoms with van der Waals surface area (Å²) >= 11 is 0. The van der Waals surface area contributed by atoms with Crippen LogP contribution in [0, 0.1) is 20.2 Å². The van der Waals surface area contributed by atoms with Gasteiger partial charge in [-0.1, -0.05) is 0 Å². The van der Waals surface area contributed by atoms with E-state index in [9.17, 15) is 25.0 Å². The van der Waals surface area contributed by atoms with Gasteiger partial charge in [0.1, 0.15) is 5.69 Å². The van der Waals surface area contributed by atoms with Gasteiger partial charge in [-0.3, -0.25) is 20.2 Å². The highest BCUT2D eigenvalue weighted by Crippen LogP contribution is 2.33. The van der Waals surface area contributed by atoms with Gasteiger partial charge in [0.2, 0.25) is 0 Å². The fourth-order valence-electron chi connectivity index (χ4n) is 2.11. The number of nitrogens with zero attached hydrogens (tertiary/aromatic N) is 3. The molecule has 0 saturated carbocycles. The number of hydrogen-bond donors (Lipinski definition) is 1. The van der Waals surface area contributed by atoms with Crippen molar-refractivity contribution in [3.05, 3.63) is 38.4 Å². The monoisotopic (exact) mass is 297 g/mol. The van der Waals surface area contributed by atoms with Gasteiger partial charge in [0.05, 0.1) is 29.1 Å². The molecule has 0 aliphatic carbocycles. The average Bonchev–Trinajstić information content (AvgIpc) is 2.46. The number of ether oxygens (including phenoxy) is 1. The van der Waals surface area contributed by atoms with Crippen LogP contribution in [0.15, 0.2) is 18.2 Å². The second-order valence-electron chi connectivity index (χ2n) is 4.31. The molecule has 21 heavy (non-hydrogen) atoms. The minimum absolute atomic E-state index is 0.0290. The summed E-state index contributed by atoms with van der Waals surface area (Å²) in [5.41, 5.74) is -0.899. The smallest absolute Gasteiger partial charge is 0.328 e. The normalized spacial score (nSPS) is 18.3. The Bertz CT molecular complexity index is 603. The predicted octanol–water partition coefficient (Wildman–Crippen LogP) is 0.793. The number of morpholine rings is 1. The van der Waals surface area contributed by atoms with Gasteiger partial charge in [-0.25, -0.2) is 4.79 Å². The zero-order chi connectivity index (χ0) is 15.6. The molecule has 0 amide bonds. The first-order valence-electron chi connectivity index (χ1n) is 5.92. The van der Waals surface area contributed by atoms with Crippen molar-refractivity contribution in [2.24, 2.45) is 0 Å². The highest BCUT2D eigenvalue weighted by Gasteiger charge is 2.34. The van der Waals surface area contributed by atoms with Crippen molar-refractivity contribution in [2.75, 3.05) is 24.7 Å². The number of rotatable bonds is 4. The Kier molecular flexibility index (Phi) is 3.98. The molecule has 1 aliphatic heterocycles. The Morgan fingerprint density at radius 1 is 1.33 bits per heavy atom. The minimum Gasteiger partial charge on any atom is -0.480 e. The lowest BCUT2D eigenvalue weighted by Crippen LogP contribution is -2.50. The maximum absolute atomic E-state index is 11.2. The van der Waals surface area contributed by atoms with Crippen molar-refractivity contribution in [3.8, 4) is 0 Å². The van der Waals surface area contributed by atoms with Crippen LogP contribution in [0.4, 0.5) is 17.1 Å². The molecule has 10 heteroatoms. The van der Waals surface area contributed by atoms with Crippen LogP contribution >= 0.6 is 0 Å². The largest absolute Gasteiger partial charge is 0.480 e. The van der Waals surface area contributed by atoms with Gasteiger partial charge in [-0.05, 0) is 6.07 Å². The fraction of sp³-hybridized carbons (Fsp3) is 0.364. The molecule has 1 fully saturated rings. The van der Waals surface area contributed by atoms with Gasteiger partial charge in [-0.15, -0.1) is 0 Å². The number of anilines is 1. The minimum atomic E-state index is -1.18. The number of carboxylic acid groups (broad SMARTS) is 1. The van der Waals surface area contributed by atoms with E-state index in [0.29, 0.717) is 0 Å². The van der Waals surface area contributed by atoms with E-state index < -0.39 is 33.2 Å². The van der Waals surface area contributed by atoms with E-state index in [0.717, 1.165) is 12.1 Å². The highest BCUT2D eigenvalue weighted by atomic mass is 16.6. The average molecular weight is 297 g/mol. The summed E-state index contributed by atoms with van der Waals surface area (Å²) in [6, 6.07) is 2.05. The van der Waals surface area contributed by atoms with E-state index in [2.05, 4.69) is 0 Å². The molecular weight excluding hydrogens is 286 g/mol. The maximum atomic E-state index is 11.2. The Hall–Kier alpha value is -2.75. The van der Waals surface area contributed by atoms with Crippen LogP contribution in [-0.2, 0) is 9.53 Å². The second-order valence-corrected chi connectivity index (χ2v) is 4.31. The first-order valence-corrected chi connectivity index (χ1v) is 5.92. The standard InChI is InChI=1S/C11H11N3O7/c15-11(16)10-6-21-4-3-12(10)8-2-1-7(13(17)18)5-9(8)14(19)20/h1-2,5,10H,3-4,6H2,(H,15,16). The lowest BCUT2D eigenvalue weighted by atomic mass is 10.1. The van der Waals surface area contributed by atoms with Crippen molar-refractivity contribution in [2.45, 2.75) is 6.04 Å². The van der Waals surface area contributed by atoms with E-state index in [1.165, 1.54) is 11.0 Å². The van der Waals surface area contributed by atoms with Gasteiger partial charge in [0.25, 0.3) is 11.4 Å². The van der Waals surface area contributed by atoms with E-state index in [1.54, 1.807) is 0 Å². The van der Waals surface area contributed by atoms with Gasteiger partial charge >= 0.3 is 5.97 Å². The molecule has 0 radical (unpaired) electrons. The second kappa shape index (κ2) is 5.71.